The normalized spacial score (nSPS) is 13.4. The number of benzene rings is 1. The summed E-state index contributed by atoms with van der Waals surface area (Å²) in [4.78, 5) is 2.40. The van der Waals surface area contributed by atoms with Crippen LogP contribution >= 0.6 is 15.9 Å². The highest BCUT2D eigenvalue weighted by Gasteiger charge is 2.14. The van der Waals surface area contributed by atoms with Crippen LogP contribution in [0.2, 0.25) is 0 Å². The van der Waals surface area contributed by atoms with E-state index in [9.17, 15) is 0 Å². The molecular formula is C14H22BrN. The summed E-state index contributed by atoms with van der Waals surface area (Å²) in [6, 6.07) is 10.7. The van der Waals surface area contributed by atoms with Gasteiger partial charge in [0.2, 0.25) is 0 Å². The minimum atomic E-state index is 0.730. The second kappa shape index (κ2) is 7.08. The minimum absolute atomic E-state index is 0.730. The van der Waals surface area contributed by atoms with E-state index in [0.29, 0.717) is 0 Å². The molecule has 16 heavy (non-hydrogen) atoms. The van der Waals surface area contributed by atoms with E-state index in [-0.39, 0.29) is 0 Å². The first kappa shape index (κ1) is 13.7. The standard InChI is InChI=1S/C14H22BrN/c1-12(2)14(9-15)11-16(3)10-13-7-5-4-6-8-13/h4-8,12,14H,9-11H2,1-3H3. The predicted molar refractivity (Wildman–Crippen MR) is 74.9 cm³/mol. The molecule has 0 radical (unpaired) electrons. The van der Waals surface area contributed by atoms with Crippen LogP contribution in [0.25, 0.3) is 0 Å². The molecule has 1 aromatic rings. The second-order valence-corrected chi connectivity index (χ2v) is 5.49. The quantitative estimate of drug-likeness (QED) is 0.718. The summed E-state index contributed by atoms with van der Waals surface area (Å²) in [5.74, 6) is 1.46. The van der Waals surface area contributed by atoms with Crippen molar-refractivity contribution in [2.45, 2.75) is 20.4 Å². The van der Waals surface area contributed by atoms with Gasteiger partial charge in [-0.1, -0.05) is 60.1 Å². The first-order chi connectivity index (χ1) is 7.63. The van der Waals surface area contributed by atoms with Crippen molar-refractivity contribution in [2.24, 2.45) is 11.8 Å². The van der Waals surface area contributed by atoms with Gasteiger partial charge in [-0.3, -0.25) is 0 Å². The first-order valence-electron chi connectivity index (χ1n) is 5.92. The maximum atomic E-state index is 3.60. The van der Waals surface area contributed by atoms with Crippen LogP contribution in [-0.4, -0.2) is 23.8 Å². The molecule has 1 nitrogen and oxygen atoms in total. The number of hydrogen-bond acceptors (Lipinski definition) is 1. The van der Waals surface area contributed by atoms with Gasteiger partial charge < -0.3 is 4.90 Å². The lowest BCUT2D eigenvalue weighted by atomic mass is 9.97. The highest BCUT2D eigenvalue weighted by molar-refractivity contribution is 9.09. The van der Waals surface area contributed by atoms with Crippen molar-refractivity contribution in [2.75, 3.05) is 18.9 Å². The van der Waals surface area contributed by atoms with Gasteiger partial charge in [0.05, 0.1) is 0 Å². The Morgan fingerprint density at radius 2 is 1.81 bits per heavy atom. The summed E-state index contributed by atoms with van der Waals surface area (Å²) in [6.07, 6.45) is 0. The van der Waals surface area contributed by atoms with Crippen LogP contribution in [0, 0.1) is 11.8 Å². The lowest BCUT2D eigenvalue weighted by Crippen LogP contribution is -2.29. The van der Waals surface area contributed by atoms with Crippen molar-refractivity contribution < 1.29 is 0 Å². The van der Waals surface area contributed by atoms with Crippen LogP contribution in [0.1, 0.15) is 19.4 Å². The summed E-state index contributed by atoms with van der Waals surface area (Å²) in [7, 11) is 2.20. The van der Waals surface area contributed by atoms with Crippen LogP contribution in [0.5, 0.6) is 0 Å². The van der Waals surface area contributed by atoms with Crippen molar-refractivity contribution >= 4 is 15.9 Å². The molecule has 1 atom stereocenters. The van der Waals surface area contributed by atoms with Gasteiger partial charge in [0.15, 0.2) is 0 Å². The monoisotopic (exact) mass is 283 g/mol. The molecule has 2 heteroatoms. The molecule has 0 aliphatic heterocycles. The molecule has 0 aromatic heterocycles. The lowest BCUT2D eigenvalue weighted by molar-refractivity contribution is 0.247. The molecule has 0 aliphatic carbocycles. The third-order valence-electron chi connectivity index (χ3n) is 2.98. The van der Waals surface area contributed by atoms with Crippen LogP contribution in [-0.2, 0) is 6.54 Å². The van der Waals surface area contributed by atoms with E-state index in [2.05, 4.69) is 72.1 Å². The second-order valence-electron chi connectivity index (χ2n) is 4.84. The van der Waals surface area contributed by atoms with Crippen LogP contribution < -0.4 is 0 Å². The molecule has 0 saturated carbocycles. The molecule has 0 amide bonds. The molecule has 0 spiro atoms. The topological polar surface area (TPSA) is 3.24 Å². The zero-order valence-electron chi connectivity index (χ0n) is 10.5. The van der Waals surface area contributed by atoms with Gasteiger partial charge in [0.25, 0.3) is 0 Å². The Labute approximate surface area is 108 Å². The van der Waals surface area contributed by atoms with Gasteiger partial charge in [-0.15, -0.1) is 0 Å². The number of alkyl halides is 1. The molecule has 0 fully saturated rings. The lowest BCUT2D eigenvalue weighted by Gasteiger charge is -2.25. The fraction of sp³-hybridized carbons (Fsp3) is 0.571. The molecular weight excluding hydrogens is 262 g/mol. The average Bonchev–Trinajstić information content (AvgIpc) is 2.27. The van der Waals surface area contributed by atoms with Crippen molar-refractivity contribution in [1.82, 2.24) is 4.90 Å². The van der Waals surface area contributed by atoms with E-state index in [1.165, 1.54) is 5.56 Å². The summed E-state index contributed by atoms with van der Waals surface area (Å²) in [6.45, 7) is 6.78. The Kier molecular flexibility index (Phi) is 6.07. The average molecular weight is 284 g/mol. The van der Waals surface area contributed by atoms with Crippen molar-refractivity contribution in [3.63, 3.8) is 0 Å². The maximum absolute atomic E-state index is 3.60. The zero-order valence-corrected chi connectivity index (χ0v) is 12.1. The molecule has 0 saturated heterocycles. The highest BCUT2D eigenvalue weighted by atomic mass is 79.9. The van der Waals surface area contributed by atoms with E-state index in [0.717, 1.165) is 30.3 Å². The fourth-order valence-corrected chi connectivity index (χ4v) is 2.75. The van der Waals surface area contributed by atoms with E-state index in [1.54, 1.807) is 0 Å². The Morgan fingerprint density at radius 3 is 2.31 bits per heavy atom. The smallest absolute Gasteiger partial charge is 0.0230 e. The van der Waals surface area contributed by atoms with E-state index in [4.69, 9.17) is 0 Å². The largest absolute Gasteiger partial charge is 0.302 e. The number of nitrogens with zero attached hydrogens (tertiary/aromatic N) is 1. The number of halogens is 1. The Morgan fingerprint density at radius 1 is 1.19 bits per heavy atom. The molecule has 0 aliphatic rings. The van der Waals surface area contributed by atoms with Gasteiger partial charge in [0.1, 0.15) is 0 Å². The predicted octanol–water partition coefficient (Wildman–Crippen LogP) is 3.79. The minimum Gasteiger partial charge on any atom is -0.302 e. The third kappa shape index (κ3) is 4.67. The highest BCUT2D eigenvalue weighted by Crippen LogP contribution is 2.15. The van der Waals surface area contributed by atoms with Crippen molar-refractivity contribution in [3.8, 4) is 0 Å². The van der Waals surface area contributed by atoms with Crippen LogP contribution in [0.3, 0.4) is 0 Å². The van der Waals surface area contributed by atoms with E-state index >= 15 is 0 Å². The molecule has 1 rings (SSSR count). The number of hydrogen-bond donors (Lipinski definition) is 0. The number of rotatable bonds is 6. The van der Waals surface area contributed by atoms with Gasteiger partial charge >= 0.3 is 0 Å². The zero-order chi connectivity index (χ0) is 12.0. The Bertz CT molecular complexity index is 284. The van der Waals surface area contributed by atoms with E-state index < -0.39 is 0 Å². The van der Waals surface area contributed by atoms with Gasteiger partial charge in [0, 0.05) is 18.4 Å². The fourth-order valence-electron chi connectivity index (χ4n) is 1.80. The van der Waals surface area contributed by atoms with Crippen LogP contribution in [0.4, 0.5) is 0 Å². The maximum Gasteiger partial charge on any atom is 0.0230 e. The van der Waals surface area contributed by atoms with Gasteiger partial charge in [-0.2, -0.15) is 0 Å². The summed E-state index contributed by atoms with van der Waals surface area (Å²) in [5.41, 5.74) is 1.39. The van der Waals surface area contributed by atoms with Crippen molar-refractivity contribution in [1.29, 1.82) is 0 Å². The Balaban J connectivity index is 2.44. The SMILES string of the molecule is CC(C)C(CBr)CN(C)Cc1ccccc1. The molecule has 0 N–H and O–H groups in total. The third-order valence-corrected chi connectivity index (χ3v) is 3.81. The molecule has 0 bridgehead atoms. The molecule has 1 unspecified atom stereocenters. The first-order valence-corrected chi connectivity index (χ1v) is 7.04. The van der Waals surface area contributed by atoms with Gasteiger partial charge in [-0.05, 0) is 24.4 Å². The summed E-state index contributed by atoms with van der Waals surface area (Å²) >= 11 is 3.60. The van der Waals surface area contributed by atoms with E-state index in [1.807, 2.05) is 0 Å². The summed E-state index contributed by atoms with van der Waals surface area (Å²) < 4.78 is 0. The van der Waals surface area contributed by atoms with Gasteiger partial charge in [-0.25, -0.2) is 0 Å². The molecule has 1 aromatic carbocycles. The summed E-state index contributed by atoms with van der Waals surface area (Å²) in [5, 5.41) is 1.09. The Hall–Kier alpha value is -0.340. The van der Waals surface area contributed by atoms with Crippen LogP contribution in [0.15, 0.2) is 30.3 Å². The van der Waals surface area contributed by atoms with Crippen molar-refractivity contribution in [3.05, 3.63) is 35.9 Å². The molecule has 90 valence electrons. The molecule has 0 heterocycles.